The molecule has 7 nitrogen and oxygen atoms in total. The highest BCUT2D eigenvalue weighted by Gasteiger charge is 2.39. The Morgan fingerprint density at radius 3 is 2.77 bits per heavy atom. The molecule has 5 rings (SSSR count). The van der Waals surface area contributed by atoms with Crippen molar-refractivity contribution in [1.29, 1.82) is 0 Å². The van der Waals surface area contributed by atoms with Crippen LogP contribution in [0.1, 0.15) is 38.7 Å². The van der Waals surface area contributed by atoms with Gasteiger partial charge in [0.1, 0.15) is 17.6 Å². The van der Waals surface area contributed by atoms with Crippen LogP contribution in [-0.4, -0.2) is 31.8 Å². The van der Waals surface area contributed by atoms with E-state index in [0.29, 0.717) is 21.8 Å². The van der Waals surface area contributed by atoms with E-state index in [1.165, 1.54) is 22.4 Å². The Bertz CT molecular complexity index is 1480. The fraction of sp³-hybridized carbons (Fsp3) is 0.0769. The zero-order chi connectivity index (χ0) is 24.4. The number of hydrogen-bond acceptors (Lipinski definition) is 6. The maximum absolute atomic E-state index is 14.1. The van der Waals surface area contributed by atoms with Gasteiger partial charge < -0.3 is 10.0 Å². The smallest absolute Gasteiger partial charge is 0.255 e. The van der Waals surface area contributed by atoms with Gasteiger partial charge in [-0.1, -0.05) is 17.9 Å². The molecular formula is C26H17FN4O3S. The Hall–Kier alpha value is -4.55. The van der Waals surface area contributed by atoms with Crippen LogP contribution < -0.4 is 5.32 Å². The molecule has 0 fully saturated rings. The molecule has 1 atom stereocenters. The average Bonchev–Trinajstić information content (AvgIpc) is 3.49. The molecule has 2 aromatic carbocycles. The monoisotopic (exact) mass is 484 g/mol. The van der Waals surface area contributed by atoms with Crippen molar-refractivity contribution >= 4 is 28.3 Å². The van der Waals surface area contributed by atoms with Gasteiger partial charge in [0.25, 0.3) is 11.8 Å². The lowest BCUT2D eigenvalue weighted by Crippen LogP contribution is -2.37. The number of phenolic OH excluding ortho intramolecular Hbond substituents is 1. The van der Waals surface area contributed by atoms with E-state index < -0.39 is 23.7 Å². The molecule has 1 aliphatic heterocycles. The van der Waals surface area contributed by atoms with Gasteiger partial charge in [-0.15, -0.1) is 11.3 Å². The number of thiazole rings is 1. The predicted octanol–water partition coefficient (Wildman–Crippen LogP) is 4.12. The number of nitrogens with zero attached hydrogens (tertiary/aromatic N) is 3. The number of pyridine rings is 1. The first-order valence-electron chi connectivity index (χ1n) is 10.5. The summed E-state index contributed by atoms with van der Waals surface area (Å²) >= 11 is 1.20. The number of rotatable bonds is 4. The quantitative estimate of drug-likeness (QED) is 0.425. The van der Waals surface area contributed by atoms with Crippen molar-refractivity contribution in [3.05, 3.63) is 106 Å². The normalized spacial score (nSPS) is 13.1. The second kappa shape index (κ2) is 9.37. The second-order valence-electron chi connectivity index (χ2n) is 7.73. The Morgan fingerprint density at radius 2 is 2.00 bits per heavy atom. The molecule has 3 heterocycles. The number of aromatic hydroxyl groups is 1. The molecule has 1 aliphatic rings. The second-order valence-corrected chi connectivity index (χ2v) is 8.62. The van der Waals surface area contributed by atoms with Crippen LogP contribution in [0.3, 0.4) is 0 Å². The lowest BCUT2D eigenvalue weighted by atomic mass is 10.0. The summed E-state index contributed by atoms with van der Waals surface area (Å²) in [5.74, 6) is 4.05. The number of aromatic nitrogens is 2. The molecule has 0 bridgehead atoms. The Kier molecular flexibility index (Phi) is 5.95. The third-order valence-corrected chi connectivity index (χ3v) is 6.15. The first-order chi connectivity index (χ1) is 17.0. The van der Waals surface area contributed by atoms with Crippen molar-refractivity contribution in [2.24, 2.45) is 0 Å². The minimum Gasteiger partial charge on any atom is -0.508 e. The van der Waals surface area contributed by atoms with Crippen LogP contribution in [0.25, 0.3) is 0 Å². The SMILES string of the molecule is O=C(Nc1nccs1)C(c1cc(F)ccc1O)N1Cc2ccc(C#Cc3cccnc3)cc2C1=O. The van der Waals surface area contributed by atoms with Gasteiger partial charge in [-0.2, -0.15) is 0 Å². The first kappa shape index (κ1) is 22.3. The molecule has 4 aromatic rings. The van der Waals surface area contributed by atoms with E-state index in [9.17, 15) is 19.1 Å². The topological polar surface area (TPSA) is 95.4 Å². The summed E-state index contributed by atoms with van der Waals surface area (Å²) in [5.41, 5.74) is 2.44. The van der Waals surface area contributed by atoms with Gasteiger partial charge >= 0.3 is 0 Å². The molecule has 172 valence electrons. The maximum atomic E-state index is 14.1. The maximum Gasteiger partial charge on any atom is 0.255 e. The van der Waals surface area contributed by atoms with Crippen molar-refractivity contribution in [2.75, 3.05) is 5.32 Å². The van der Waals surface area contributed by atoms with E-state index in [-0.39, 0.29) is 17.9 Å². The molecule has 9 heteroatoms. The van der Waals surface area contributed by atoms with Crippen LogP contribution in [0, 0.1) is 17.7 Å². The van der Waals surface area contributed by atoms with Crippen LogP contribution in [0.2, 0.25) is 0 Å². The molecule has 0 radical (unpaired) electrons. The van der Waals surface area contributed by atoms with Crippen LogP contribution in [-0.2, 0) is 11.3 Å². The lowest BCUT2D eigenvalue weighted by Gasteiger charge is -2.27. The molecular weight excluding hydrogens is 467 g/mol. The van der Waals surface area contributed by atoms with Crippen LogP contribution in [0.5, 0.6) is 5.75 Å². The largest absolute Gasteiger partial charge is 0.508 e. The van der Waals surface area contributed by atoms with Gasteiger partial charge in [0.05, 0.1) is 0 Å². The third-order valence-electron chi connectivity index (χ3n) is 5.46. The molecule has 0 spiro atoms. The summed E-state index contributed by atoms with van der Waals surface area (Å²) in [5, 5.41) is 15.1. The molecule has 2 N–H and O–H groups in total. The number of benzene rings is 2. The number of halogens is 1. The molecule has 2 amide bonds. The number of hydrogen-bond donors (Lipinski definition) is 2. The number of carbonyl (C=O) groups is 2. The van der Waals surface area contributed by atoms with E-state index in [1.54, 1.807) is 42.0 Å². The van der Waals surface area contributed by atoms with Crippen molar-refractivity contribution in [3.8, 4) is 17.6 Å². The minimum atomic E-state index is -1.28. The van der Waals surface area contributed by atoms with Crippen molar-refractivity contribution in [3.63, 3.8) is 0 Å². The number of nitrogens with one attached hydrogen (secondary N) is 1. The van der Waals surface area contributed by atoms with Gasteiger partial charge in [-0.3, -0.25) is 19.9 Å². The van der Waals surface area contributed by atoms with Gasteiger partial charge in [0.15, 0.2) is 5.13 Å². The Labute approximate surface area is 203 Å². The summed E-state index contributed by atoms with van der Waals surface area (Å²) in [7, 11) is 0. The number of carbonyl (C=O) groups excluding carboxylic acids is 2. The fourth-order valence-electron chi connectivity index (χ4n) is 3.84. The molecule has 0 saturated heterocycles. The minimum absolute atomic E-state index is 0.0168. The molecule has 2 aromatic heterocycles. The Balaban J connectivity index is 1.49. The van der Waals surface area contributed by atoms with Crippen molar-refractivity contribution in [1.82, 2.24) is 14.9 Å². The van der Waals surface area contributed by atoms with Gasteiger partial charge in [-0.05, 0) is 48.0 Å². The van der Waals surface area contributed by atoms with E-state index in [1.807, 2.05) is 6.07 Å². The third kappa shape index (κ3) is 4.60. The highest BCUT2D eigenvalue weighted by atomic mass is 32.1. The molecule has 1 unspecified atom stereocenters. The summed E-state index contributed by atoms with van der Waals surface area (Å²) in [6.45, 7) is 0.108. The number of phenols is 1. The zero-order valence-electron chi connectivity index (χ0n) is 18.1. The zero-order valence-corrected chi connectivity index (χ0v) is 18.9. The van der Waals surface area contributed by atoms with Crippen molar-refractivity contribution in [2.45, 2.75) is 12.6 Å². The number of anilines is 1. The van der Waals surface area contributed by atoms with E-state index in [4.69, 9.17) is 0 Å². The van der Waals surface area contributed by atoms with Gasteiger partial charge in [-0.25, -0.2) is 9.37 Å². The predicted molar refractivity (Wildman–Crippen MR) is 128 cm³/mol. The standard InChI is InChI=1S/C26H17FN4O3S/c27-19-7-8-22(32)21(13-19)23(24(33)30-26-29-10-11-35-26)31-15-18-6-5-16(12-20(18)25(31)34)3-4-17-2-1-9-28-14-17/h1-2,5-14,23,32H,15H2,(H,29,30,33). The molecule has 0 aliphatic carbocycles. The lowest BCUT2D eigenvalue weighted by molar-refractivity contribution is -0.120. The first-order valence-corrected chi connectivity index (χ1v) is 11.4. The van der Waals surface area contributed by atoms with E-state index >= 15 is 0 Å². The van der Waals surface area contributed by atoms with Crippen LogP contribution in [0.15, 0.2) is 72.5 Å². The van der Waals surface area contributed by atoms with Gasteiger partial charge in [0.2, 0.25) is 0 Å². The highest BCUT2D eigenvalue weighted by molar-refractivity contribution is 7.13. The van der Waals surface area contributed by atoms with Crippen LogP contribution in [0.4, 0.5) is 9.52 Å². The van der Waals surface area contributed by atoms with Crippen molar-refractivity contribution < 1.29 is 19.1 Å². The molecule has 35 heavy (non-hydrogen) atoms. The van der Waals surface area contributed by atoms with Gasteiger partial charge in [0, 0.05) is 52.8 Å². The Morgan fingerprint density at radius 1 is 1.14 bits per heavy atom. The van der Waals surface area contributed by atoms with Crippen LogP contribution >= 0.6 is 11.3 Å². The van der Waals surface area contributed by atoms with E-state index in [2.05, 4.69) is 27.1 Å². The summed E-state index contributed by atoms with van der Waals surface area (Å²) in [4.78, 5) is 36.1. The number of amides is 2. The summed E-state index contributed by atoms with van der Waals surface area (Å²) in [6.07, 6.45) is 4.83. The number of fused-ring (bicyclic) bond motifs is 1. The summed E-state index contributed by atoms with van der Waals surface area (Å²) in [6, 6.07) is 10.9. The average molecular weight is 485 g/mol. The summed E-state index contributed by atoms with van der Waals surface area (Å²) < 4.78 is 14.1. The molecule has 0 saturated carbocycles. The fourth-order valence-corrected chi connectivity index (χ4v) is 4.38. The van der Waals surface area contributed by atoms with E-state index in [0.717, 1.165) is 23.8 Å². The highest BCUT2D eigenvalue weighted by Crippen LogP contribution is 2.36.